The molecule has 0 atom stereocenters. The van der Waals surface area contributed by atoms with E-state index in [4.69, 9.17) is 11.6 Å². The van der Waals surface area contributed by atoms with E-state index in [2.05, 4.69) is 19.2 Å². The van der Waals surface area contributed by atoms with Gasteiger partial charge in [-0.15, -0.1) is 0 Å². The Labute approximate surface area is 155 Å². The highest BCUT2D eigenvalue weighted by Gasteiger charge is 2.28. The van der Waals surface area contributed by atoms with Crippen molar-refractivity contribution in [2.24, 2.45) is 0 Å². The molecule has 1 amide bonds. The maximum absolute atomic E-state index is 12.3. The molecule has 4 heteroatoms. The van der Waals surface area contributed by atoms with Crippen LogP contribution in [-0.2, 0) is 16.6 Å². The molecule has 0 unspecified atom stereocenters. The minimum absolute atomic E-state index is 0.00323. The fourth-order valence-electron chi connectivity index (χ4n) is 3.14. The molecule has 0 saturated carbocycles. The van der Waals surface area contributed by atoms with Gasteiger partial charge in [0.05, 0.1) is 0 Å². The van der Waals surface area contributed by atoms with Gasteiger partial charge in [-0.25, -0.2) is 0 Å². The maximum atomic E-state index is 12.3. The van der Waals surface area contributed by atoms with Crippen LogP contribution in [0.4, 0.5) is 0 Å². The molecule has 3 nitrogen and oxygen atoms in total. The van der Waals surface area contributed by atoms with Crippen LogP contribution in [0, 0.1) is 0 Å². The Balaban J connectivity index is 1.97. The molecule has 0 aliphatic carbocycles. The topological polar surface area (TPSA) is 49.3 Å². The zero-order chi connectivity index (χ0) is 18.3. The summed E-state index contributed by atoms with van der Waals surface area (Å²) in [5.41, 5.74) is 1.91. The van der Waals surface area contributed by atoms with Gasteiger partial charge in [0.2, 0.25) is 5.91 Å². The van der Waals surface area contributed by atoms with Crippen molar-refractivity contribution in [1.82, 2.24) is 5.32 Å². The average Bonchev–Trinajstić information content (AvgIpc) is 2.63. The first-order chi connectivity index (χ1) is 12.0. The SMILES string of the molecule is CCC(CC)(CNC(=O)CCc1ccccc1O)c1ccc(Cl)cc1. The highest BCUT2D eigenvalue weighted by molar-refractivity contribution is 6.30. The molecule has 0 radical (unpaired) electrons. The van der Waals surface area contributed by atoms with Gasteiger partial charge >= 0.3 is 0 Å². The molecule has 0 saturated heterocycles. The third-order valence-electron chi connectivity index (χ3n) is 5.05. The number of carbonyl (C=O) groups is 1. The van der Waals surface area contributed by atoms with Crippen LogP contribution in [0.5, 0.6) is 5.75 Å². The molecule has 0 fully saturated rings. The third-order valence-corrected chi connectivity index (χ3v) is 5.30. The normalized spacial score (nSPS) is 11.3. The van der Waals surface area contributed by atoms with Crippen molar-refractivity contribution in [3.63, 3.8) is 0 Å². The number of carbonyl (C=O) groups excluding carboxylic acids is 1. The lowest BCUT2D eigenvalue weighted by molar-refractivity contribution is -0.121. The Morgan fingerprint density at radius 2 is 1.72 bits per heavy atom. The Kier molecular flexibility index (Phi) is 6.89. The first-order valence-electron chi connectivity index (χ1n) is 8.80. The summed E-state index contributed by atoms with van der Waals surface area (Å²) in [6, 6.07) is 15.0. The van der Waals surface area contributed by atoms with Gasteiger partial charge < -0.3 is 10.4 Å². The van der Waals surface area contributed by atoms with E-state index >= 15 is 0 Å². The number of hydrogen-bond donors (Lipinski definition) is 2. The van der Waals surface area contributed by atoms with Crippen LogP contribution < -0.4 is 5.32 Å². The van der Waals surface area contributed by atoms with Crippen molar-refractivity contribution >= 4 is 17.5 Å². The van der Waals surface area contributed by atoms with Crippen LogP contribution >= 0.6 is 11.6 Å². The number of rotatable bonds is 8. The van der Waals surface area contributed by atoms with E-state index in [-0.39, 0.29) is 17.1 Å². The molecule has 0 spiro atoms. The van der Waals surface area contributed by atoms with Crippen LogP contribution in [0.2, 0.25) is 5.02 Å². The van der Waals surface area contributed by atoms with E-state index in [0.29, 0.717) is 19.4 Å². The largest absolute Gasteiger partial charge is 0.508 e. The van der Waals surface area contributed by atoms with E-state index in [1.807, 2.05) is 36.4 Å². The van der Waals surface area contributed by atoms with E-state index < -0.39 is 0 Å². The van der Waals surface area contributed by atoms with Gasteiger partial charge in [0.15, 0.2) is 0 Å². The molecule has 0 aliphatic rings. The Hall–Kier alpha value is -2.00. The van der Waals surface area contributed by atoms with Crippen molar-refractivity contribution < 1.29 is 9.90 Å². The molecule has 0 heterocycles. The van der Waals surface area contributed by atoms with Crippen LogP contribution in [0.15, 0.2) is 48.5 Å². The van der Waals surface area contributed by atoms with Crippen molar-refractivity contribution in [2.45, 2.75) is 44.9 Å². The van der Waals surface area contributed by atoms with Crippen LogP contribution in [0.3, 0.4) is 0 Å². The highest BCUT2D eigenvalue weighted by atomic mass is 35.5. The summed E-state index contributed by atoms with van der Waals surface area (Å²) in [5.74, 6) is 0.247. The zero-order valence-electron chi connectivity index (χ0n) is 14.9. The first kappa shape index (κ1) is 19.3. The molecule has 2 rings (SSSR count). The fourth-order valence-corrected chi connectivity index (χ4v) is 3.27. The van der Waals surface area contributed by atoms with Crippen LogP contribution in [0.25, 0.3) is 0 Å². The number of hydrogen-bond acceptors (Lipinski definition) is 2. The lowest BCUT2D eigenvalue weighted by atomic mass is 9.76. The summed E-state index contributed by atoms with van der Waals surface area (Å²) < 4.78 is 0. The number of aromatic hydroxyl groups is 1. The van der Waals surface area contributed by atoms with Crippen LogP contribution in [0.1, 0.15) is 44.2 Å². The zero-order valence-corrected chi connectivity index (χ0v) is 15.6. The quantitative estimate of drug-likeness (QED) is 0.707. The molecule has 134 valence electrons. The number of benzene rings is 2. The van der Waals surface area contributed by atoms with E-state index in [9.17, 15) is 9.90 Å². The minimum Gasteiger partial charge on any atom is -0.508 e. The predicted molar refractivity (Wildman–Crippen MR) is 103 cm³/mol. The second-order valence-corrected chi connectivity index (χ2v) is 6.84. The predicted octanol–water partition coefficient (Wildman–Crippen LogP) is 4.85. The Bertz CT molecular complexity index is 693. The maximum Gasteiger partial charge on any atom is 0.220 e. The molecule has 0 aromatic heterocycles. The molecule has 0 bridgehead atoms. The second kappa shape index (κ2) is 8.91. The number of aryl methyl sites for hydroxylation is 1. The summed E-state index contributed by atoms with van der Waals surface area (Å²) >= 11 is 6.00. The molecule has 0 aliphatic heterocycles. The fraction of sp³-hybridized carbons (Fsp3) is 0.381. The number of phenolic OH excluding ortho intramolecular Hbond substituents is 1. The minimum atomic E-state index is -0.0882. The van der Waals surface area contributed by atoms with Gasteiger partial charge in [-0.1, -0.05) is 55.8 Å². The molecule has 25 heavy (non-hydrogen) atoms. The highest BCUT2D eigenvalue weighted by Crippen LogP contribution is 2.32. The number of para-hydroxylation sites is 1. The second-order valence-electron chi connectivity index (χ2n) is 6.40. The van der Waals surface area contributed by atoms with Gasteiger partial charge in [-0.3, -0.25) is 4.79 Å². The monoisotopic (exact) mass is 359 g/mol. The van der Waals surface area contributed by atoms with E-state index in [1.165, 1.54) is 5.56 Å². The van der Waals surface area contributed by atoms with E-state index in [1.54, 1.807) is 12.1 Å². The molecular formula is C21H26ClNO2. The van der Waals surface area contributed by atoms with Gasteiger partial charge in [-0.2, -0.15) is 0 Å². The lowest BCUT2D eigenvalue weighted by Gasteiger charge is -2.32. The summed E-state index contributed by atoms with van der Waals surface area (Å²) in [5, 5.41) is 13.6. The smallest absolute Gasteiger partial charge is 0.220 e. The number of halogens is 1. The van der Waals surface area contributed by atoms with Crippen LogP contribution in [-0.4, -0.2) is 17.6 Å². The molecule has 2 aromatic rings. The standard InChI is InChI=1S/C21H26ClNO2/c1-3-21(4-2,17-10-12-18(22)13-11-17)15-23-20(25)14-9-16-7-5-6-8-19(16)24/h5-8,10-13,24H,3-4,9,14-15H2,1-2H3,(H,23,25). The van der Waals surface area contributed by atoms with Gasteiger partial charge in [0, 0.05) is 23.4 Å². The van der Waals surface area contributed by atoms with Crippen molar-refractivity contribution in [3.05, 3.63) is 64.7 Å². The molecule has 2 aromatic carbocycles. The van der Waals surface area contributed by atoms with Crippen molar-refractivity contribution in [2.75, 3.05) is 6.54 Å². The Morgan fingerprint density at radius 1 is 1.08 bits per heavy atom. The van der Waals surface area contributed by atoms with Gasteiger partial charge in [-0.05, 0) is 48.6 Å². The average molecular weight is 360 g/mol. The Morgan fingerprint density at radius 3 is 2.32 bits per heavy atom. The third kappa shape index (κ3) is 4.99. The van der Waals surface area contributed by atoms with Gasteiger partial charge in [0.25, 0.3) is 0 Å². The summed E-state index contributed by atoms with van der Waals surface area (Å²) in [4.78, 5) is 12.3. The van der Waals surface area contributed by atoms with Gasteiger partial charge in [0.1, 0.15) is 5.75 Å². The molecule has 2 N–H and O–H groups in total. The number of phenols is 1. The number of nitrogens with one attached hydrogen (secondary N) is 1. The molecular weight excluding hydrogens is 334 g/mol. The lowest BCUT2D eigenvalue weighted by Crippen LogP contribution is -2.40. The summed E-state index contributed by atoms with van der Waals surface area (Å²) in [7, 11) is 0. The summed E-state index contributed by atoms with van der Waals surface area (Å²) in [6.07, 6.45) is 2.77. The van der Waals surface area contributed by atoms with Crippen molar-refractivity contribution in [1.29, 1.82) is 0 Å². The van der Waals surface area contributed by atoms with E-state index in [0.717, 1.165) is 23.4 Å². The number of amides is 1. The van der Waals surface area contributed by atoms with Crippen molar-refractivity contribution in [3.8, 4) is 5.75 Å². The summed E-state index contributed by atoms with van der Waals surface area (Å²) in [6.45, 7) is 4.89. The first-order valence-corrected chi connectivity index (χ1v) is 9.18.